The van der Waals surface area contributed by atoms with Gasteiger partial charge in [-0.25, -0.2) is 9.59 Å². The second-order valence-corrected chi connectivity index (χ2v) is 12.6. The van der Waals surface area contributed by atoms with Crippen molar-refractivity contribution in [3.05, 3.63) is 69.8 Å². The van der Waals surface area contributed by atoms with Gasteiger partial charge in [-0.3, -0.25) is 4.79 Å². The molecular formula is C37H56N2O6. The van der Waals surface area contributed by atoms with Gasteiger partial charge in [0.25, 0.3) is 0 Å². The van der Waals surface area contributed by atoms with Crippen molar-refractivity contribution < 1.29 is 29.0 Å². The van der Waals surface area contributed by atoms with Gasteiger partial charge in [-0.15, -0.1) is 0 Å². The van der Waals surface area contributed by atoms with Gasteiger partial charge >= 0.3 is 12.1 Å². The number of nitrogens with zero attached hydrogens (tertiary/aromatic N) is 1. The fourth-order valence-electron chi connectivity index (χ4n) is 6.24. The maximum Gasteiger partial charge on any atom is 0.413 e. The number of esters is 1. The summed E-state index contributed by atoms with van der Waals surface area (Å²) in [7, 11) is 0. The third-order valence-corrected chi connectivity index (χ3v) is 8.73. The second-order valence-electron chi connectivity index (χ2n) is 12.6. The Morgan fingerprint density at radius 1 is 1.09 bits per heavy atom. The van der Waals surface area contributed by atoms with Gasteiger partial charge in [0.1, 0.15) is 12.6 Å². The van der Waals surface area contributed by atoms with E-state index in [-0.39, 0.29) is 17.9 Å². The van der Waals surface area contributed by atoms with Crippen LogP contribution in [0, 0.1) is 24.7 Å². The molecule has 0 fully saturated rings. The molecule has 250 valence electrons. The van der Waals surface area contributed by atoms with Crippen LogP contribution in [-0.4, -0.2) is 59.5 Å². The molecule has 0 aliphatic heterocycles. The molecule has 8 heteroatoms. The van der Waals surface area contributed by atoms with E-state index in [0.29, 0.717) is 12.5 Å². The van der Waals surface area contributed by atoms with E-state index in [9.17, 15) is 14.4 Å². The van der Waals surface area contributed by atoms with E-state index >= 15 is 0 Å². The van der Waals surface area contributed by atoms with Crippen molar-refractivity contribution >= 4 is 18.0 Å². The van der Waals surface area contributed by atoms with Crippen molar-refractivity contribution in [2.45, 2.75) is 113 Å². The molecule has 2 amide bonds. The lowest BCUT2D eigenvalue weighted by molar-refractivity contribution is -0.171. The number of aliphatic hydroxyl groups is 1. The van der Waals surface area contributed by atoms with Crippen LogP contribution in [0.4, 0.5) is 4.79 Å². The van der Waals surface area contributed by atoms with E-state index in [0.717, 1.165) is 31.3 Å². The Labute approximate surface area is 270 Å². The van der Waals surface area contributed by atoms with Gasteiger partial charge < -0.3 is 24.8 Å². The predicted octanol–water partition coefficient (Wildman–Crippen LogP) is 7.05. The van der Waals surface area contributed by atoms with Crippen LogP contribution in [0.25, 0.3) is 0 Å². The van der Waals surface area contributed by atoms with Crippen LogP contribution in [0.3, 0.4) is 0 Å². The number of benzene rings is 1. The molecule has 0 bridgehead atoms. The van der Waals surface area contributed by atoms with E-state index in [1.54, 1.807) is 18.7 Å². The first-order chi connectivity index (χ1) is 21.2. The number of carbonyl (C=O) groups excluding carboxylic acids is 3. The Balaban J connectivity index is 2.35. The predicted molar refractivity (Wildman–Crippen MR) is 179 cm³/mol. The highest BCUT2D eigenvalue weighted by atomic mass is 16.7. The van der Waals surface area contributed by atoms with Crippen LogP contribution in [0.15, 0.2) is 58.7 Å². The lowest BCUT2D eigenvalue weighted by Gasteiger charge is -2.36. The van der Waals surface area contributed by atoms with Crippen molar-refractivity contribution in [2.75, 3.05) is 13.2 Å². The smallest absolute Gasteiger partial charge is 0.413 e. The number of rotatable bonds is 14. The quantitative estimate of drug-likeness (QED) is 0.131. The molecule has 0 aromatic heterocycles. The minimum absolute atomic E-state index is 0.212. The van der Waals surface area contributed by atoms with Gasteiger partial charge in [0, 0.05) is 19.4 Å². The van der Waals surface area contributed by atoms with Gasteiger partial charge in [-0.05, 0) is 81.1 Å². The first-order valence-electron chi connectivity index (χ1n) is 16.5. The summed E-state index contributed by atoms with van der Waals surface area (Å²) in [6.45, 7) is 19.7. The van der Waals surface area contributed by atoms with Gasteiger partial charge in [0.05, 0.1) is 6.04 Å². The molecular weight excluding hydrogens is 568 g/mol. The molecule has 5 atom stereocenters. The van der Waals surface area contributed by atoms with Crippen molar-refractivity contribution in [3.63, 3.8) is 0 Å². The molecule has 0 saturated carbocycles. The normalized spacial score (nSPS) is 20.6. The van der Waals surface area contributed by atoms with Crippen LogP contribution in [-0.2, 0) is 25.5 Å². The second kappa shape index (κ2) is 17.9. The molecule has 0 heterocycles. The summed E-state index contributed by atoms with van der Waals surface area (Å²) in [4.78, 5) is 40.1. The third kappa shape index (κ3) is 10.6. The standard InChI is InChI=1S/C37H56N2O6/c1-11-15-31-21-25(6)34(32(12-2)27(31)8)26(7)28(9)39(19-14-18-30-17-13-16-24(5)20-30)37(43)45-29(10)44-36(42)35(23(3)4)38-33(41)22-40/h12-13,16-17,20-21,23,25,27-29,35,40H,11,14-15,18-19,22H2,1-10H3,(H,38,41)/b32-12?,34-26+. The molecule has 2 N–H and O–H groups in total. The number of nitrogens with one attached hydrogen (secondary N) is 1. The van der Waals surface area contributed by atoms with Gasteiger partial charge in [-0.1, -0.05) is 88.6 Å². The number of amides is 2. The van der Waals surface area contributed by atoms with Gasteiger partial charge in [-0.2, -0.15) is 0 Å². The van der Waals surface area contributed by atoms with E-state index in [4.69, 9.17) is 14.6 Å². The molecule has 0 saturated heterocycles. The highest BCUT2D eigenvalue weighted by molar-refractivity contribution is 5.85. The molecule has 0 radical (unpaired) electrons. The summed E-state index contributed by atoms with van der Waals surface area (Å²) in [6.07, 6.45) is 6.53. The molecule has 2 rings (SSSR count). The van der Waals surface area contributed by atoms with Crippen LogP contribution >= 0.6 is 0 Å². The number of carbonyl (C=O) groups is 3. The zero-order valence-electron chi connectivity index (χ0n) is 29.1. The first kappa shape index (κ1) is 37.8. The van der Waals surface area contributed by atoms with Gasteiger partial charge in [0.2, 0.25) is 12.2 Å². The molecule has 1 aliphatic carbocycles. The van der Waals surface area contributed by atoms with Crippen molar-refractivity contribution in [1.82, 2.24) is 10.2 Å². The Morgan fingerprint density at radius 2 is 1.78 bits per heavy atom. The fraction of sp³-hybridized carbons (Fsp3) is 0.595. The average Bonchev–Trinajstić information content (AvgIpc) is 2.98. The van der Waals surface area contributed by atoms with Gasteiger partial charge in [0.15, 0.2) is 0 Å². The van der Waals surface area contributed by atoms with Crippen molar-refractivity contribution in [1.29, 1.82) is 0 Å². The molecule has 1 aliphatic rings. The Kier molecular flexibility index (Phi) is 15.1. The summed E-state index contributed by atoms with van der Waals surface area (Å²) in [5, 5.41) is 11.6. The van der Waals surface area contributed by atoms with Crippen molar-refractivity contribution in [3.8, 4) is 0 Å². The molecule has 0 spiro atoms. The fourth-order valence-corrected chi connectivity index (χ4v) is 6.24. The van der Waals surface area contributed by atoms with E-state index in [2.05, 4.69) is 77.2 Å². The molecule has 8 nitrogen and oxygen atoms in total. The van der Waals surface area contributed by atoms with E-state index in [1.807, 2.05) is 13.0 Å². The zero-order valence-corrected chi connectivity index (χ0v) is 29.1. The number of ether oxygens (including phenoxy) is 2. The maximum atomic E-state index is 13.8. The van der Waals surface area contributed by atoms with Crippen molar-refractivity contribution in [2.24, 2.45) is 17.8 Å². The van der Waals surface area contributed by atoms with Crippen LogP contribution in [0.2, 0.25) is 0 Å². The monoisotopic (exact) mass is 624 g/mol. The SMILES string of the molecule is CC=C1/C(=C(\C)C(C)N(CCCc2cccc(C)c2)C(=O)OC(C)OC(=O)C(NC(=O)CO)C(C)C)C(C)C=C(CCC)C1C. The third-order valence-electron chi connectivity index (χ3n) is 8.73. The van der Waals surface area contributed by atoms with Crippen LogP contribution in [0.1, 0.15) is 92.7 Å². The molecule has 1 aromatic rings. The minimum Gasteiger partial charge on any atom is -0.424 e. The summed E-state index contributed by atoms with van der Waals surface area (Å²) in [5.41, 5.74) is 7.53. The van der Waals surface area contributed by atoms with E-state index < -0.39 is 36.9 Å². The molecule has 5 unspecified atom stereocenters. The Bertz CT molecular complexity index is 1260. The lowest BCUT2D eigenvalue weighted by atomic mass is 9.72. The number of aliphatic hydroxyl groups excluding tert-OH is 1. The highest BCUT2D eigenvalue weighted by Gasteiger charge is 2.33. The maximum absolute atomic E-state index is 13.8. The number of allylic oxidation sites excluding steroid dienone is 5. The highest BCUT2D eigenvalue weighted by Crippen LogP contribution is 2.41. The summed E-state index contributed by atoms with van der Waals surface area (Å²) in [6, 6.07) is 7.11. The zero-order chi connectivity index (χ0) is 33.8. The molecule has 1 aromatic carbocycles. The Morgan fingerprint density at radius 3 is 2.36 bits per heavy atom. The number of hydrogen-bond donors (Lipinski definition) is 2. The number of hydrogen-bond acceptors (Lipinski definition) is 6. The minimum atomic E-state index is -1.18. The largest absolute Gasteiger partial charge is 0.424 e. The number of aryl methyl sites for hydroxylation is 2. The van der Waals surface area contributed by atoms with Crippen LogP contribution in [0.5, 0.6) is 0 Å². The van der Waals surface area contributed by atoms with Crippen LogP contribution < -0.4 is 5.32 Å². The summed E-state index contributed by atoms with van der Waals surface area (Å²) in [5.74, 6) is -1.19. The topological polar surface area (TPSA) is 105 Å². The summed E-state index contributed by atoms with van der Waals surface area (Å²) < 4.78 is 11.2. The first-order valence-corrected chi connectivity index (χ1v) is 16.5. The lowest BCUT2D eigenvalue weighted by Crippen LogP contribution is -2.48. The summed E-state index contributed by atoms with van der Waals surface area (Å²) >= 11 is 0. The average molecular weight is 625 g/mol. The Hall–Kier alpha value is -3.39. The van der Waals surface area contributed by atoms with E-state index in [1.165, 1.54) is 34.8 Å². The molecule has 45 heavy (non-hydrogen) atoms.